The molecular weight excluding hydrogens is 230 g/mol. The third-order valence-corrected chi connectivity index (χ3v) is 3.36. The maximum atomic E-state index is 11.4. The predicted octanol–water partition coefficient (Wildman–Crippen LogP) is 1.74. The van der Waals surface area contributed by atoms with Gasteiger partial charge in [-0.15, -0.1) is 0 Å². The molecule has 1 fully saturated rings. The zero-order valence-corrected chi connectivity index (χ0v) is 10.6. The zero-order valence-electron chi connectivity index (χ0n) is 10.6. The molecule has 18 heavy (non-hydrogen) atoms. The van der Waals surface area contributed by atoms with Gasteiger partial charge in [-0.25, -0.2) is 0 Å². The van der Waals surface area contributed by atoms with Gasteiger partial charge in [-0.05, 0) is 18.9 Å². The van der Waals surface area contributed by atoms with Gasteiger partial charge < -0.3 is 10.1 Å². The number of rotatable bonds is 3. The minimum Gasteiger partial charge on any atom is -0.452 e. The van der Waals surface area contributed by atoms with Gasteiger partial charge in [-0.2, -0.15) is 0 Å². The largest absolute Gasteiger partial charge is 0.452 e. The Morgan fingerprint density at radius 2 is 2.06 bits per heavy atom. The van der Waals surface area contributed by atoms with Crippen molar-refractivity contribution in [2.24, 2.45) is 0 Å². The molecule has 0 unspecified atom stereocenters. The van der Waals surface area contributed by atoms with Crippen LogP contribution in [-0.4, -0.2) is 17.9 Å². The van der Waals surface area contributed by atoms with Crippen LogP contribution in [0.3, 0.4) is 0 Å². The lowest BCUT2D eigenvalue weighted by Gasteiger charge is -2.35. The Kier molecular flexibility index (Phi) is 3.36. The lowest BCUT2D eigenvalue weighted by atomic mass is 9.87. The lowest BCUT2D eigenvalue weighted by molar-refractivity contribution is -0.160. The van der Waals surface area contributed by atoms with E-state index in [1.54, 1.807) is 0 Å². The van der Waals surface area contributed by atoms with Gasteiger partial charge in [0.1, 0.15) is 0 Å². The molecule has 1 amide bonds. The molecule has 0 aliphatic carbocycles. The smallest absolute Gasteiger partial charge is 0.303 e. The average molecular weight is 247 g/mol. The molecule has 1 aliphatic rings. The Bertz CT molecular complexity index is 457. The highest BCUT2D eigenvalue weighted by Crippen LogP contribution is 2.33. The van der Waals surface area contributed by atoms with Crippen molar-refractivity contribution < 1.29 is 14.3 Å². The number of amides is 1. The molecule has 4 nitrogen and oxygen atoms in total. The van der Waals surface area contributed by atoms with Crippen molar-refractivity contribution >= 4 is 11.9 Å². The van der Waals surface area contributed by atoms with E-state index in [2.05, 4.69) is 5.32 Å². The second kappa shape index (κ2) is 4.80. The number of carbonyl (C=O) groups excluding carboxylic acids is 2. The molecule has 1 heterocycles. The zero-order chi connectivity index (χ0) is 13.2. The van der Waals surface area contributed by atoms with E-state index in [-0.39, 0.29) is 17.9 Å². The number of esters is 1. The van der Waals surface area contributed by atoms with Gasteiger partial charge in [0.25, 0.3) is 0 Å². The van der Waals surface area contributed by atoms with Gasteiger partial charge in [0.15, 0.2) is 5.60 Å². The normalized spacial score (nSPS) is 22.1. The second-order valence-electron chi connectivity index (χ2n) is 4.73. The molecule has 4 heteroatoms. The summed E-state index contributed by atoms with van der Waals surface area (Å²) in [6, 6.07) is 9.35. The van der Waals surface area contributed by atoms with Crippen LogP contribution >= 0.6 is 0 Å². The quantitative estimate of drug-likeness (QED) is 0.828. The topological polar surface area (TPSA) is 55.4 Å². The molecule has 2 atom stereocenters. The fourth-order valence-electron chi connectivity index (χ4n) is 2.43. The van der Waals surface area contributed by atoms with E-state index >= 15 is 0 Å². The Morgan fingerprint density at radius 1 is 1.39 bits per heavy atom. The summed E-state index contributed by atoms with van der Waals surface area (Å²) in [6.07, 6.45) is 1.16. The number of carbonyl (C=O) groups is 2. The SMILES string of the molecule is CC(=O)O[C@](C)(c1ccccc1)[C@H]1CCC(=O)N1. The minimum absolute atomic E-state index is 0.00862. The van der Waals surface area contributed by atoms with E-state index in [0.717, 1.165) is 5.56 Å². The van der Waals surface area contributed by atoms with Crippen LogP contribution in [0.2, 0.25) is 0 Å². The summed E-state index contributed by atoms with van der Waals surface area (Å²) in [5, 5.41) is 2.88. The molecular formula is C14H17NO3. The maximum Gasteiger partial charge on any atom is 0.303 e. The molecule has 1 aromatic rings. The summed E-state index contributed by atoms with van der Waals surface area (Å²) in [5.74, 6) is -0.336. The molecule has 1 N–H and O–H groups in total. The highest BCUT2D eigenvalue weighted by atomic mass is 16.6. The minimum atomic E-state index is -0.806. The molecule has 0 aromatic heterocycles. The maximum absolute atomic E-state index is 11.4. The summed E-state index contributed by atoms with van der Waals surface area (Å²) in [6.45, 7) is 3.23. The first-order chi connectivity index (χ1) is 8.52. The van der Waals surface area contributed by atoms with Crippen molar-refractivity contribution in [2.45, 2.75) is 38.3 Å². The highest BCUT2D eigenvalue weighted by Gasteiger charge is 2.42. The number of hydrogen-bond donors (Lipinski definition) is 1. The Labute approximate surface area is 106 Å². The number of nitrogens with one attached hydrogen (secondary N) is 1. The van der Waals surface area contributed by atoms with Gasteiger partial charge in [0, 0.05) is 13.3 Å². The van der Waals surface area contributed by atoms with E-state index in [4.69, 9.17) is 4.74 Å². The number of benzene rings is 1. The van der Waals surface area contributed by atoms with Gasteiger partial charge in [0.05, 0.1) is 6.04 Å². The van der Waals surface area contributed by atoms with Crippen LogP contribution < -0.4 is 5.32 Å². The third kappa shape index (κ3) is 2.37. The van der Waals surface area contributed by atoms with Gasteiger partial charge in [0.2, 0.25) is 5.91 Å². The van der Waals surface area contributed by atoms with E-state index < -0.39 is 5.60 Å². The van der Waals surface area contributed by atoms with E-state index in [1.165, 1.54) is 6.92 Å². The summed E-state index contributed by atoms with van der Waals surface area (Å²) in [7, 11) is 0. The van der Waals surface area contributed by atoms with E-state index in [0.29, 0.717) is 12.8 Å². The Morgan fingerprint density at radius 3 is 2.56 bits per heavy atom. The first-order valence-electron chi connectivity index (χ1n) is 6.07. The van der Waals surface area contributed by atoms with E-state index in [1.807, 2.05) is 37.3 Å². The van der Waals surface area contributed by atoms with Gasteiger partial charge in [-0.1, -0.05) is 30.3 Å². The van der Waals surface area contributed by atoms with Crippen LogP contribution in [0.4, 0.5) is 0 Å². The van der Waals surface area contributed by atoms with Gasteiger partial charge in [-0.3, -0.25) is 9.59 Å². The van der Waals surface area contributed by atoms with Crippen LogP contribution in [0.25, 0.3) is 0 Å². The third-order valence-electron chi connectivity index (χ3n) is 3.36. The predicted molar refractivity (Wildman–Crippen MR) is 66.7 cm³/mol. The molecule has 1 aliphatic heterocycles. The monoisotopic (exact) mass is 247 g/mol. The second-order valence-corrected chi connectivity index (χ2v) is 4.73. The molecule has 1 saturated heterocycles. The fraction of sp³-hybridized carbons (Fsp3) is 0.429. The van der Waals surface area contributed by atoms with Crippen molar-refractivity contribution in [3.8, 4) is 0 Å². The summed E-state index contributed by atoms with van der Waals surface area (Å²) in [5.41, 5.74) is 0.0894. The van der Waals surface area contributed by atoms with Crippen molar-refractivity contribution in [3.63, 3.8) is 0 Å². The van der Waals surface area contributed by atoms with Crippen molar-refractivity contribution in [1.29, 1.82) is 0 Å². The van der Waals surface area contributed by atoms with Crippen molar-refractivity contribution in [3.05, 3.63) is 35.9 Å². The number of hydrogen-bond acceptors (Lipinski definition) is 3. The first-order valence-corrected chi connectivity index (χ1v) is 6.07. The van der Waals surface area contributed by atoms with E-state index in [9.17, 15) is 9.59 Å². The number of ether oxygens (including phenoxy) is 1. The first kappa shape index (κ1) is 12.6. The standard InChI is InChI=1S/C14H17NO3/c1-10(16)18-14(2,11-6-4-3-5-7-11)12-8-9-13(17)15-12/h3-7,12H,8-9H2,1-2H3,(H,15,17)/t12-,14-/m1/s1. The summed E-state index contributed by atoms with van der Waals surface area (Å²) >= 11 is 0. The Balaban J connectivity index is 2.34. The molecule has 0 radical (unpaired) electrons. The van der Waals surface area contributed by atoms with Crippen molar-refractivity contribution in [2.75, 3.05) is 0 Å². The fourth-order valence-corrected chi connectivity index (χ4v) is 2.43. The van der Waals surface area contributed by atoms with Crippen molar-refractivity contribution in [1.82, 2.24) is 5.32 Å². The van der Waals surface area contributed by atoms with Crippen LogP contribution in [0, 0.1) is 0 Å². The van der Waals surface area contributed by atoms with Crippen LogP contribution in [0.1, 0.15) is 32.3 Å². The molecule has 0 saturated carbocycles. The summed E-state index contributed by atoms with van der Waals surface area (Å²) < 4.78 is 5.50. The molecule has 96 valence electrons. The highest BCUT2D eigenvalue weighted by molar-refractivity contribution is 5.79. The Hall–Kier alpha value is -1.84. The lowest BCUT2D eigenvalue weighted by Crippen LogP contribution is -2.47. The molecule has 2 rings (SSSR count). The molecule has 1 aromatic carbocycles. The van der Waals surface area contributed by atoms with Crippen LogP contribution in [0.15, 0.2) is 30.3 Å². The average Bonchev–Trinajstić information content (AvgIpc) is 2.77. The van der Waals surface area contributed by atoms with Gasteiger partial charge >= 0.3 is 5.97 Å². The van der Waals surface area contributed by atoms with Crippen LogP contribution in [0.5, 0.6) is 0 Å². The molecule has 0 bridgehead atoms. The molecule has 0 spiro atoms. The van der Waals surface area contributed by atoms with Crippen LogP contribution in [-0.2, 0) is 19.9 Å². The summed E-state index contributed by atoms with van der Waals surface area (Å²) in [4.78, 5) is 22.7.